The van der Waals surface area contributed by atoms with Gasteiger partial charge in [-0.15, -0.1) is 0 Å². The van der Waals surface area contributed by atoms with Crippen molar-refractivity contribution in [2.24, 2.45) is 11.7 Å². The Kier molecular flexibility index (Phi) is 5.82. The van der Waals surface area contributed by atoms with Crippen LogP contribution < -0.4 is 11.1 Å². The number of amides is 1. The van der Waals surface area contributed by atoms with Crippen LogP contribution in [0, 0.1) is 5.92 Å². The number of ether oxygens (including phenoxy) is 1. The van der Waals surface area contributed by atoms with Gasteiger partial charge in [0.15, 0.2) is 6.10 Å². The molecule has 1 aromatic carbocycles. The fourth-order valence-corrected chi connectivity index (χ4v) is 1.57. The van der Waals surface area contributed by atoms with Crippen molar-refractivity contribution in [3.8, 4) is 0 Å². The summed E-state index contributed by atoms with van der Waals surface area (Å²) in [4.78, 5) is 12.0. The summed E-state index contributed by atoms with van der Waals surface area (Å²) in [6.45, 7) is 4.52. The molecule has 100 valence electrons. The summed E-state index contributed by atoms with van der Waals surface area (Å²) >= 11 is 0. The van der Waals surface area contributed by atoms with Gasteiger partial charge in [0.25, 0.3) is 5.91 Å². The minimum absolute atomic E-state index is 0.0396. The Morgan fingerprint density at radius 3 is 2.44 bits per heavy atom. The highest BCUT2D eigenvalue weighted by molar-refractivity contribution is 5.82. The maximum atomic E-state index is 12.0. The van der Waals surface area contributed by atoms with Crippen LogP contribution in [-0.4, -0.2) is 25.6 Å². The van der Waals surface area contributed by atoms with E-state index in [0.29, 0.717) is 12.5 Å². The van der Waals surface area contributed by atoms with Crippen LogP contribution in [0.2, 0.25) is 0 Å². The molecule has 18 heavy (non-hydrogen) atoms. The van der Waals surface area contributed by atoms with Crippen LogP contribution in [0.25, 0.3) is 0 Å². The summed E-state index contributed by atoms with van der Waals surface area (Å²) in [5, 5.41) is 2.82. The molecule has 0 aliphatic rings. The van der Waals surface area contributed by atoms with Crippen LogP contribution in [-0.2, 0) is 9.53 Å². The topological polar surface area (TPSA) is 64.3 Å². The average molecular weight is 250 g/mol. The molecular formula is C14H22N2O2. The number of nitrogens with two attached hydrogens (primary N) is 1. The lowest BCUT2D eigenvalue weighted by molar-refractivity contribution is -0.131. The molecule has 0 heterocycles. The Morgan fingerprint density at radius 1 is 1.33 bits per heavy atom. The van der Waals surface area contributed by atoms with E-state index in [4.69, 9.17) is 10.5 Å². The predicted octanol–water partition coefficient (Wildman–Crippen LogP) is 1.47. The summed E-state index contributed by atoms with van der Waals surface area (Å²) in [5.74, 6) is 0.183. The molecule has 0 bridgehead atoms. The van der Waals surface area contributed by atoms with Crippen molar-refractivity contribution in [1.82, 2.24) is 5.32 Å². The molecule has 4 heteroatoms. The van der Waals surface area contributed by atoms with Gasteiger partial charge in [0.05, 0.1) is 0 Å². The van der Waals surface area contributed by atoms with Gasteiger partial charge in [-0.1, -0.05) is 44.2 Å². The molecule has 0 fully saturated rings. The van der Waals surface area contributed by atoms with Crippen LogP contribution >= 0.6 is 0 Å². The fraction of sp³-hybridized carbons (Fsp3) is 0.500. The van der Waals surface area contributed by atoms with Crippen molar-refractivity contribution in [2.75, 3.05) is 13.7 Å². The molecule has 1 aromatic rings. The normalized spacial score (nSPS) is 14.3. The number of nitrogens with one attached hydrogen (secondary N) is 1. The van der Waals surface area contributed by atoms with Gasteiger partial charge in [0.2, 0.25) is 0 Å². The van der Waals surface area contributed by atoms with Crippen molar-refractivity contribution in [2.45, 2.75) is 26.0 Å². The minimum atomic E-state index is -0.578. The fourth-order valence-electron chi connectivity index (χ4n) is 1.57. The zero-order chi connectivity index (χ0) is 13.5. The second-order valence-corrected chi connectivity index (χ2v) is 4.68. The molecule has 0 aliphatic carbocycles. The largest absolute Gasteiger partial charge is 0.367 e. The third-order valence-electron chi connectivity index (χ3n) is 2.94. The number of methoxy groups -OCH3 is 1. The van der Waals surface area contributed by atoms with E-state index in [0.717, 1.165) is 5.56 Å². The van der Waals surface area contributed by atoms with Crippen molar-refractivity contribution in [1.29, 1.82) is 0 Å². The highest BCUT2D eigenvalue weighted by Crippen LogP contribution is 2.16. The van der Waals surface area contributed by atoms with Crippen LogP contribution in [0.15, 0.2) is 30.3 Å². The van der Waals surface area contributed by atoms with Crippen LogP contribution in [0.1, 0.15) is 25.5 Å². The van der Waals surface area contributed by atoms with Crippen molar-refractivity contribution in [3.63, 3.8) is 0 Å². The van der Waals surface area contributed by atoms with Crippen LogP contribution in [0.3, 0.4) is 0 Å². The monoisotopic (exact) mass is 250 g/mol. The zero-order valence-electron chi connectivity index (χ0n) is 11.2. The van der Waals surface area contributed by atoms with Crippen molar-refractivity contribution in [3.05, 3.63) is 35.9 Å². The molecule has 0 saturated carbocycles. The predicted molar refractivity (Wildman–Crippen MR) is 72.0 cm³/mol. The van der Waals surface area contributed by atoms with E-state index in [9.17, 15) is 4.79 Å². The maximum Gasteiger partial charge on any atom is 0.253 e. The molecule has 0 radical (unpaired) electrons. The SMILES string of the molecule is COC(C(=O)NCC(N)C(C)C)c1ccccc1. The highest BCUT2D eigenvalue weighted by atomic mass is 16.5. The lowest BCUT2D eigenvalue weighted by Gasteiger charge is -2.19. The van der Waals surface area contributed by atoms with Crippen molar-refractivity contribution < 1.29 is 9.53 Å². The van der Waals surface area contributed by atoms with Gasteiger partial charge in [-0.2, -0.15) is 0 Å². The van der Waals surface area contributed by atoms with Gasteiger partial charge in [0.1, 0.15) is 0 Å². The third-order valence-corrected chi connectivity index (χ3v) is 2.94. The van der Waals surface area contributed by atoms with Gasteiger partial charge >= 0.3 is 0 Å². The number of carbonyl (C=O) groups excluding carboxylic acids is 1. The quantitative estimate of drug-likeness (QED) is 0.803. The van der Waals surface area contributed by atoms with E-state index in [1.54, 1.807) is 0 Å². The first kappa shape index (κ1) is 14.7. The first-order valence-corrected chi connectivity index (χ1v) is 6.17. The first-order chi connectivity index (χ1) is 8.56. The molecular weight excluding hydrogens is 228 g/mol. The zero-order valence-corrected chi connectivity index (χ0v) is 11.2. The Balaban J connectivity index is 2.59. The summed E-state index contributed by atoms with van der Waals surface area (Å²) in [6, 6.07) is 9.38. The molecule has 0 aromatic heterocycles. The van der Waals surface area contributed by atoms with E-state index in [-0.39, 0.29) is 11.9 Å². The summed E-state index contributed by atoms with van der Waals surface area (Å²) in [7, 11) is 1.53. The van der Waals surface area contributed by atoms with Crippen LogP contribution in [0.5, 0.6) is 0 Å². The average Bonchev–Trinajstić information content (AvgIpc) is 2.38. The smallest absolute Gasteiger partial charge is 0.253 e. The van der Waals surface area contributed by atoms with Gasteiger partial charge in [-0.3, -0.25) is 4.79 Å². The first-order valence-electron chi connectivity index (χ1n) is 6.17. The number of hydrogen-bond acceptors (Lipinski definition) is 3. The number of carbonyl (C=O) groups is 1. The molecule has 2 atom stereocenters. The molecule has 1 rings (SSSR count). The van der Waals surface area contributed by atoms with Crippen molar-refractivity contribution >= 4 is 5.91 Å². The standard InChI is InChI=1S/C14H22N2O2/c1-10(2)12(15)9-16-14(17)13(18-3)11-7-5-4-6-8-11/h4-8,10,12-13H,9,15H2,1-3H3,(H,16,17). The Labute approximate surface area is 109 Å². The number of hydrogen-bond donors (Lipinski definition) is 2. The van der Waals surface area contributed by atoms with Crippen LogP contribution in [0.4, 0.5) is 0 Å². The molecule has 1 amide bonds. The molecule has 3 N–H and O–H groups in total. The lowest BCUT2D eigenvalue weighted by atomic mass is 10.1. The lowest BCUT2D eigenvalue weighted by Crippen LogP contribution is -2.42. The van der Waals surface area contributed by atoms with E-state index in [2.05, 4.69) is 5.32 Å². The summed E-state index contributed by atoms with van der Waals surface area (Å²) < 4.78 is 5.24. The molecule has 0 saturated heterocycles. The summed E-state index contributed by atoms with van der Waals surface area (Å²) in [6.07, 6.45) is -0.578. The second-order valence-electron chi connectivity index (χ2n) is 4.68. The minimum Gasteiger partial charge on any atom is -0.367 e. The molecule has 2 unspecified atom stereocenters. The summed E-state index contributed by atoms with van der Waals surface area (Å²) in [5.41, 5.74) is 6.73. The van der Waals surface area contributed by atoms with E-state index < -0.39 is 6.10 Å². The Morgan fingerprint density at radius 2 is 1.94 bits per heavy atom. The van der Waals surface area contributed by atoms with Gasteiger partial charge in [0, 0.05) is 19.7 Å². The van der Waals surface area contributed by atoms with Gasteiger partial charge in [-0.05, 0) is 11.5 Å². The highest BCUT2D eigenvalue weighted by Gasteiger charge is 2.20. The maximum absolute atomic E-state index is 12.0. The third kappa shape index (κ3) is 4.13. The Bertz CT molecular complexity index is 365. The van der Waals surface area contributed by atoms with E-state index in [1.807, 2.05) is 44.2 Å². The van der Waals surface area contributed by atoms with E-state index >= 15 is 0 Å². The van der Waals surface area contributed by atoms with Gasteiger partial charge in [-0.25, -0.2) is 0 Å². The second kappa shape index (κ2) is 7.13. The molecule has 4 nitrogen and oxygen atoms in total. The molecule has 0 aliphatic heterocycles. The van der Waals surface area contributed by atoms with Gasteiger partial charge < -0.3 is 15.8 Å². The van der Waals surface area contributed by atoms with E-state index in [1.165, 1.54) is 7.11 Å². The number of rotatable bonds is 6. The molecule has 0 spiro atoms. The Hall–Kier alpha value is -1.39. The number of benzene rings is 1.